The Morgan fingerprint density at radius 1 is 1.27 bits per heavy atom. The van der Waals surface area contributed by atoms with E-state index in [2.05, 4.69) is 20.6 Å². The first-order chi connectivity index (χ1) is 12.7. The highest BCUT2D eigenvalue weighted by Crippen LogP contribution is 2.35. The molecule has 3 heterocycles. The molecular formula is C18H20N6O2. The fraction of sp³-hybridized carbons (Fsp3) is 0.278. The predicted molar refractivity (Wildman–Crippen MR) is 100 cm³/mol. The van der Waals surface area contributed by atoms with Crippen LogP contribution in [-0.4, -0.2) is 45.8 Å². The Labute approximate surface area is 150 Å². The molecule has 0 radical (unpaired) electrons. The van der Waals surface area contributed by atoms with Gasteiger partial charge in [-0.25, -0.2) is 4.98 Å². The second kappa shape index (κ2) is 6.64. The minimum absolute atomic E-state index is 0.610. The number of rotatable bonds is 6. The third kappa shape index (κ3) is 2.74. The summed E-state index contributed by atoms with van der Waals surface area (Å²) in [6, 6.07) is 5.82. The summed E-state index contributed by atoms with van der Waals surface area (Å²) in [5.74, 6) is 1.48. The Morgan fingerprint density at radius 2 is 2.15 bits per heavy atom. The van der Waals surface area contributed by atoms with Crippen molar-refractivity contribution in [3.8, 4) is 5.75 Å². The first-order valence-electron chi connectivity index (χ1n) is 8.31. The van der Waals surface area contributed by atoms with E-state index in [1.165, 1.54) is 0 Å². The maximum Gasteiger partial charge on any atom is 0.157 e. The van der Waals surface area contributed by atoms with Crippen LogP contribution in [0.3, 0.4) is 0 Å². The van der Waals surface area contributed by atoms with E-state index in [-0.39, 0.29) is 0 Å². The lowest BCUT2D eigenvalue weighted by atomic mass is 10.1. The molecule has 8 nitrogen and oxygen atoms in total. The normalized spacial score (nSPS) is 11.3. The minimum atomic E-state index is 0.610. The number of ether oxygens (including phenoxy) is 2. The van der Waals surface area contributed by atoms with Crippen molar-refractivity contribution in [1.29, 1.82) is 0 Å². The molecule has 0 spiro atoms. The second-order valence-corrected chi connectivity index (χ2v) is 5.98. The lowest BCUT2D eigenvalue weighted by molar-refractivity contribution is 0.183. The van der Waals surface area contributed by atoms with Crippen LogP contribution in [0.25, 0.3) is 21.8 Å². The molecule has 3 aromatic heterocycles. The van der Waals surface area contributed by atoms with Crippen LogP contribution in [0.1, 0.15) is 5.69 Å². The maximum atomic E-state index is 5.50. The van der Waals surface area contributed by atoms with E-state index < -0.39 is 0 Å². The van der Waals surface area contributed by atoms with Gasteiger partial charge in [-0.3, -0.25) is 9.78 Å². The van der Waals surface area contributed by atoms with Crippen molar-refractivity contribution in [2.75, 3.05) is 26.1 Å². The fourth-order valence-corrected chi connectivity index (χ4v) is 3.04. The smallest absolute Gasteiger partial charge is 0.157 e. The zero-order valence-electron chi connectivity index (χ0n) is 14.9. The summed E-state index contributed by atoms with van der Waals surface area (Å²) in [5, 5.41) is 17.0. The van der Waals surface area contributed by atoms with Crippen molar-refractivity contribution in [3.63, 3.8) is 0 Å². The van der Waals surface area contributed by atoms with E-state index in [4.69, 9.17) is 14.5 Å². The van der Waals surface area contributed by atoms with E-state index >= 15 is 0 Å². The van der Waals surface area contributed by atoms with Gasteiger partial charge in [-0.15, -0.1) is 0 Å². The quantitative estimate of drug-likeness (QED) is 0.554. The van der Waals surface area contributed by atoms with Gasteiger partial charge in [-0.05, 0) is 19.1 Å². The fourth-order valence-electron chi connectivity index (χ4n) is 3.04. The number of aromatic amines is 1. The molecule has 134 valence electrons. The van der Waals surface area contributed by atoms with Gasteiger partial charge >= 0.3 is 0 Å². The van der Waals surface area contributed by atoms with E-state index in [9.17, 15) is 0 Å². The van der Waals surface area contributed by atoms with Crippen LogP contribution < -0.4 is 10.1 Å². The third-order valence-corrected chi connectivity index (χ3v) is 4.33. The minimum Gasteiger partial charge on any atom is -0.496 e. The summed E-state index contributed by atoms with van der Waals surface area (Å²) >= 11 is 0. The molecule has 26 heavy (non-hydrogen) atoms. The number of H-pyrrole nitrogens is 1. The maximum absolute atomic E-state index is 5.50. The van der Waals surface area contributed by atoms with E-state index in [0.29, 0.717) is 19.0 Å². The summed E-state index contributed by atoms with van der Waals surface area (Å²) in [7, 11) is 3.34. The van der Waals surface area contributed by atoms with Gasteiger partial charge in [0.1, 0.15) is 11.3 Å². The van der Waals surface area contributed by atoms with Gasteiger partial charge in [-0.2, -0.15) is 10.2 Å². The molecule has 0 saturated carbocycles. The van der Waals surface area contributed by atoms with Crippen molar-refractivity contribution >= 4 is 33.3 Å². The Kier molecular flexibility index (Phi) is 4.18. The first-order valence-corrected chi connectivity index (χ1v) is 8.31. The topological polar surface area (TPSA) is 89.9 Å². The molecule has 4 rings (SSSR count). The van der Waals surface area contributed by atoms with Gasteiger partial charge in [-0.1, -0.05) is 6.07 Å². The number of nitrogens with zero attached hydrogens (tertiary/aromatic N) is 4. The highest BCUT2D eigenvalue weighted by molar-refractivity contribution is 6.11. The van der Waals surface area contributed by atoms with Crippen LogP contribution in [0.15, 0.2) is 30.6 Å². The molecule has 0 saturated heterocycles. The van der Waals surface area contributed by atoms with Crippen molar-refractivity contribution in [1.82, 2.24) is 25.0 Å². The Hall–Kier alpha value is -3.13. The number of nitrogens with one attached hydrogen (secondary N) is 2. The Balaban J connectivity index is 1.79. The number of hydrogen-bond acceptors (Lipinski definition) is 6. The predicted octanol–water partition coefficient (Wildman–Crippen LogP) is 3.01. The average molecular weight is 352 g/mol. The highest BCUT2D eigenvalue weighted by Gasteiger charge is 2.15. The van der Waals surface area contributed by atoms with Crippen LogP contribution >= 0.6 is 0 Å². The highest BCUT2D eigenvalue weighted by atomic mass is 16.5. The van der Waals surface area contributed by atoms with E-state index in [0.717, 1.165) is 38.9 Å². The molecule has 0 unspecified atom stereocenters. The second-order valence-electron chi connectivity index (χ2n) is 5.98. The number of benzene rings is 1. The van der Waals surface area contributed by atoms with Crippen LogP contribution in [0.5, 0.6) is 5.75 Å². The van der Waals surface area contributed by atoms with Crippen LogP contribution in [0.2, 0.25) is 0 Å². The molecule has 0 atom stereocenters. The van der Waals surface area contributed by atoms with Gasteiger partial charge in [0.25, 0.3) is 0 Å². The van der Waals surface area contributed by atoms with Crippen LogP contribution in [-0.2, 0) is 11.3 Å². The van der Waals surface area contributed by atoms with E-state index in [1.54, 1.807) is 20.4 Å². The molecule has 0 fully saturated rings. The summed E-state index contributed by atoms with van der Waals surface area (Å²) in [6.07, 6.45) is 3.75. The number of aromatic nitrogens is 5. The summed E-state index contributed by atoms with van der Waals surface area (Å²) < 4.78 is 12.5. The van der Waals surface area contributed by atoms with Gasteiger partial charge in [0, 0.05) is 18.7 Å². The standard InChI is InChI=1S/C18H20N6O2/c1-11-14(10-24(23-11)7-8-25-2)21-18-17-12(9-19-22-17)16-13(20-18)5-4-6-15(16)26-3/h4-6,9-10H,7-8H2,1-3H3,(H,19,22)(H,20,21). The molecule has 0 aliphatic heterocycles. The molecular weight excluding hydrogens is 332 g/mol. The average Bonchev–Trinajstić information content (AvgIpc) is 3.27. The zero-order chi connectivity index (χ0) is 18.1. The Bertz CT molecular complexity index is 1070. The van der Waals surface area contributed by atoms with Gasteiger partial charge in [0.2, 0.25) is 0 Å². The zero-order valence-corrected chi connectivity index (χ0v) is 14.9. The number of hydrogen-bond donors (Lipinski definition) is 2. The molecule has 0 aliphatic carbocycles. The molecule has 0 aliphatic rings. The SMILES string of the molecule is COCCn1cc(Nc2nc3cccc(OC)c3c3cn[nH]c23)c(C)n1. The number of pyridine rings is 1. The Morgan fingerprint density at radius 3 is 2.96 bits per heavy atom. The van der Waals surface area contributed by atoms with E-state index in [1.807, 2.05) is 36.0 Å². The monoisotopic (exact) mass is 352 g/mol. The lowest BCUT2D eigenvalue weighted by Crippen LogP contribution is -2.04. The van der Waals surface area contributed by atoms with Gasteiger partial charge in [0.05, 0.1) is 48.7 Å². The van der Waals surface area contributed by atoms with Crippen molar-refractivity contribution in [2.45, 2.75) is 13.5 Å². The van der Waals surface area contributed by atoms with Gasteiger partial charge < -0.3 is 14.8 Å². The van der Waals surface area contributed by atoms with Crippen molar-refractivity contribution in [3.05, 3.63) is 36.3 Å². The largest absolute Gasteiger partial charge is 0.496 e. The third-order valence-electron chi connectivity index (χ3n) is 4.33. The van der Waals surface area contributed by atoms with Crippen LogP contribution in [0.4, 0.5) is 11.5 Å². The van der Waals surface area contributed by atoms with Crippen molar-refractivity contribution in [2.24, 2.45) is 0 Å². The molecule has 1 aromatic carbocycles. The molecule has 8 heteroatoms. The summed E-state index contributed by atoms with van der Waals surface area (Å²) in [6.45, 7) is 3.26. The first kappa shape index (κ1) is 16.3. The summed E-state index contributed by atoms with van der Waals surface area (Å²) in [5.41, 5.74) is 3.45. The summed E-state index contributed by atoms with van der Waals surface area (Å²) in [4.78, 5) is 4.77. The van der Waals surface area contributed by atoms with Crippen LogP contribution in [0, 0.1) is 6.92 Å². The number of fused-ring (bicyclic) bond motifs is 3. The number of aryl methyl sites for hydroxylation is 1. The molecule has 0 bridgehead atoms. The molecule has 2 N–H and O–H groups in total. The van der Waals surface area contributed by atoms with Crippen molar-refractivity contribution < 1.29 is 9.47 Å². The number of anilines is 2. The molecule has 4 aromatic rings. The van der Waals surface area contributed by atoms with Gasteiger partial charge in [0.15, 0.2) is 5.82 Å². The number of methoxy groups -OCH3 is 2. The molecule has 0 amide bonds. The lowest BCUT2D eigenvalue weighted by Gasteiger charge is -2.10.